The van der Waals surface area contributed by atoms with Gasteiger partial charge in [-0.15, -0.1) is 0 Å². The summed E-state index contributed by atoms with van der Waals surface area (Å²) < 4.78 is 46.3. The van der Waals surface area contributed by atoms with Crippen LogP contribution in [-0.4, -0.2) is 25.7 Å². The molecule has 2 heterocycles. The molecule has 4 N–H and O–H groups in total. The molecule has 0 unspecified atom stereocenters. The van der Waals surface area contributed by atoms with Crippen LogP contribution in [0.3, 0.4) is 0 Å². The molecule has 2 aromatic carbocycles. The van der Waals surface area contributed by atoms with Crippen LogP contribution in [0.2, 0.25) is 0 Å². The van der Waals surface area contributed by atoms with Crippen LogP contribution in [0.25, 0.3) is 0 Å². The summed E-state index contributed by atoms with van der Waals surface area (Å²) in [4.78, 5) is 0. The van der Waals surface area contributed by atoms with Crippen molar-refractivity contribution in [2.45, 2.75) is 37.3 Å². The van der Waals surface area contributed by atoms with E-state index in [9.17, 15) is 13.2 Å². The number of nitrogens with one attached hydrogen (secondary N) is 2. The van der Waals surface area contributed by atoms with Gasteiger partial charge in [-0.05, 0) is 36.6 Å². The van der Waals surface area contributed by atoms with E-state index in [1.54, 1.807) is 0 Å². The first-order chi connectivity index (χ1) is 14.0. The first-order valence-corrected chi connectivity index (χ1v) is 10.1. The Hall–Kier alpha value is -2.09. The van der Waals surface area contributed by atoms with Gasteiger partial charge < -0.3 is 21.1 Å². The standard InChI is InChI=1S/C22H26F3N3O/c23-22(24,25)15-6-9-19-18(12-15)21-17(8-7-16(29-21)13-27-11-10-26)20(28-19)14-4-2-1-3-5-14/h1-6,9,12,16-17,20-21,27-28H,7-8,10-11,13,26H2/t16-,17+,20+,21+/m1/s1. The molecule has 4 nitrogen and oxygen atoms in total. The van der Waals surface area contributed by atoms with E-state index in [2.05, 4.69) is 22.8 Å². The molecule has 0 amide bonds. The fourth-order valence-electron chi connectivity index (χ4n) is 4.44. The smallest absolute Gasteiger partial charge is 0.378 e. The van der Waals surface area contributed by atoms with Gasteiger partial charge in [0.25, 0.3) is 0 Å². The maximum atomic E-state index is 13.3. The first-order valence-electron chi connectivity index (χ1n) is 10.1. The molecule has 29 heavy (non-hydrogen) atoms. The molecule has 2 aliphatic rings. The molecule has 0 radical (unpaired) electrons. The summed E-state index contributed by atoms with van der Waals surface area (Å²) in [7, 11) is 0. The summed E-state index contributed by atoms with van der Waals surface area (Å²) in [6.07, 6.45) is -3.06. The molecule has 0 bridgehead atoms. The minimum atomic E-state index is -4.38. The highest BCUT2D eigenvalue weighted by molar-refractivity contribution is 5.58. The van der Waals surface area contributed by atoms with E-state index in [-0.39, 0.29) is 24.2 Å². The Balaban J connectivity index is 1.67. The fraction of sp³-hybridized carbons (Fsp3) is 0.455. The van der Waals surface area contributed by atoms with Crippen LogP contribution in [0.1, 0.15) is 41.7 Å². The van der Waals surface area contributed by atoms with E-state index in [4.69, 9.17) is 10.5 Å². The number of anilines is 1. The van der Waals surface area contributed by atoms with Crippen molar-refractivity contribution >= 4 is 5.69 Å². The van der Waals surface area contributed by atoms with Crippen LogP contribution in [0.15, 0.2) is 48.5 Å². The normalized spacial score (nSPS) is 26.3. The summed E-state index contributed by atoms with van der Waals surface area (Å²) in [6.45, 7) is 1.88. The second-order valence-electron chi connectivity index (χ2n) is 7.75. The number of alkyl halides is 3. The molecule has 7 heteroatoms. The molecule has 4 rings (SSSR count). The SMILES string of the molecule is NCCNC[C@H]1CC[C@@H]2[C@H](O1)c1cc(C(F)(F)F)ccc1N[C@H]2c1ccccc1. The van der Waals surface area contributed by atoms with E-state index < -0.39 is 11.7 Å². The third-order valence-electron chi connectivity index (χ3n) is 5.83. The Bertz CT molecular complexity index is 828. The van der Waals surface area contributed by atoms with Gasteiger partial charge in [0.15, 0.2) is 0 Å². The molecule has 0 spiro atoms. The maximum Gasteiger partial charge on any atom is 0.416 e. The van der Waals surface area contributed by atoms with Crippen molar-refractivity contribution in [1.82, 2.24) is 5.32 Å². The van der Waals surface area contributed by atoms with Gasteiger partial charge in [0, 0.05) is 36.8 Å². The second kappa shape index (κ2) is 8.34. The zero-order chi connectivity index (χ0) is 20.4. The lowest BCUT2D eigenvalue weighted by Crippen LogP contribution is -2.42. The summed E-state index contributed by atoms with van der Waals surface area (Å²) in [6, 6.07) is 14.0. The Morgan fingerprint density at radius 1 is 1.10 bits per heavy atom. The molecule has 0 saturated carbocycles. The topological polar surface area (TPSA) is 59.3 Å². The Morgan fingerprint density at radius 3 is 2.62 bits per heavy atom. The van der Waals surface area contributed by atoms with Crippen LogP contribution in [0.4, 0.5) is 18.9 Å². The van der Waals surface area contributed by atoms with Crippen LogP contribution in [0.5, 0.6) is 0 Å². The summed E-state index contributed by atoms with van der Waals surface area (Å²) in [5.74, 6) is 0.0687. The lowest BCUT2D eigenvalue weighted by atomic mass is 9.76. The van der Waals surface area contributed by atoms with Crippen LogP contribution >= 0.6 is 0 Å². The Labute approximate surface area is 168 Å². The summed E-state index contributed by atoms with van der Waals surface area (Å²) >= 11 is 0. The molecule has 156 valence electrons. The van der Waals surface area contributed by atoms with Crippen molar-refractivity contribution in [2.75, 3.05) is 25.0 Å². The highest BCUT2D eigenvalue weighted by Crippen LogP contribution is 2.51. The molecule has 2 aliphatic heterocycles. The zero-order valence-electron chi connectivity index (χ0n) is 16.1. The zero-order valence-corrected chi connectivity index (χ0v) is 16.1. The number of nitrogens with two attached hydrogens (primary N) is 1. The molecule has 1 saturated heterocycles. The maximum absolute atomic E-state index is 13.3. The summed E-state index contributed by atoms with van der Waals surface area (Å²) in [5, 5.41) is 6.74. The van der Waals surface area contributed by atoms with Gasteiger partial charge in [0.05, 0.1) is 23.8 Å². The van der Waals surface area contributed by atoms with Crippen molar-refractivity contribution in [2.24, 2.45) is 11.7 Å². The van der Waals surface area contributed by atoms with Gasteiger partial charge in [-0.1, -0.05) is 30.3 Å². The predicted molar refractivity (Wildman–Crippen MR) is 107 cm³/mol. The van der Waals surface area contributed by atoms with Gasteiger partial charge in [-0.2, -0.15) is 13.2 Å². The second-order valence-corrected chi connectivity index (χ2v) is 7.75. The number of benzene rings is 2. The number of hydrogen-bond donors (Lipinski definition) is 3. The van der Waals surface area contributed by atoms with Gasteiger partial charge in [0.2, 0.25) is 0 Å². The Kier molecular flexibility index (Phi) is 5.81. The first kappa shape index (κ1) is 20.2. The molecule has 0 aliphatic carbocycles. The highest BCUT2D eigenvalue weighted by atomic mass is 19.4. The molecule has 2 aromatic rings. The highest BCUT2D eigenvalue weighted by Gasteiger charge is 2.43. The average molecular weight is 405 g/mol. The lowest BCUT2D eigenvalue weighted by molar-refractivity contribution is -0.138. The average Bonchev–Trinajstić information content (AvgIpc) is 2.73. The monoisotopic (exact) mass is 405 g/mol. The molecule has 4 atom stereocenters. The minimum Gasteiger partial charge on any atom is -0.378 e. The van der Waals surface area contributed by atoms with Gasteiger partial charge in [-0.25, -0.2) is 0 Å². The van der Waals surface area contributed by atoms with Crippen molar-refractivity contribution < 1.29 is 17.9 Å². The van der Waals surface area contributed by atoms with Gasteiger partial charge in [-0.3, -0.25) is 0 Å². The van der Waals surface area contributed by atoms with Crippen LogP contribution in [0, 0.1) is 5.92 Å². The van der Waals surface area contributed by atoms with Gasteiger partial charge in [0.1, 0.15) is 0 Å². The molecular formula is C22H26F3N3O. The third kappa shape index (κ3) is 4.27. The Morgan fingerprint density at radius 2 is 1.90 bits per heavy atom. The molecule has 0 aromatic heterocycles. The predicted octanol–water partition coefficient (Wildman–Crippen LogP) is 4.26. The lowest BCUT2D eigenvalue weighted by Gasteiger charge is -2.46. The number of fused-ring (bicyclic) bond motifs is 3. The van der Waals surface area contributed by atoms with E-state index in [1.165, 1.54) is 12.1 Å². The van der Waals surface area contributed by atoms with Crippen LogP contribution in [-0.2, 0) is 10.9 Å². The van der Waals surface area contributed by atoms with E-state index in [0.717, 1.165) is 24.5 Å². The fourth-order valence-corrected chi connectivity index (χ4v) is 4.44. The van der Waals surface area contributed by atoms with E-state index >= 15 is 0 Å². The minimum absolute atomic E-state index is 0.00314. The van der Waals surface area contributed by atoms with E-state index in [1.807, 2.05) is 18.2 Å². The van der Waals surface area contributed by atoms with E-state index in [0.29, 0.717) is 30.9 Å². The number of hydrogen-bond acceptors (Lipinski definition) is 4. The van der Waals surface area contributed by atoms with Crippen molar-refractivity contribution in [3.8, 4) is 0 Å². The summed E-state index contributed by atoms with van der Waals surface area (Å²) in [5.41, 5.74) is 7.33. The van der Waals surface area contributed by atoms with Crippen molar-refractivity contribution in [1.29, 1.82) is 0 Å². The van der Waals surface area contributed by atoms with Crippen LogP contribution < -0.4 is 16.4 Å². The van der Waals surface area contributed by atoms with Crippen molar-refractivity contribution in [3.63, 3.8) is 0 Å². The number of rotatable bonds is 5. The number of halogens is 3. The quantitative estimate of drug-likeness (QED) is 0.651. The number of ether oxygens (including phenoxy) is 1. The molecular weight excluding hydrogens is 379 g/mol. The largest absolute Gasteiger partial charge is 0.416 e. The third-order valence-corrected chi connectivity index (χ3v) is 5.83. The van der Waals surface area contributed by atoms with Gasteiger partial charge >= 0.3 is 6.18 Å². The van der Waals surface area contributed by atoms with Crippen molar-refractivity contribution in [3.05, 3.63) is 65.2 Å². The molecule has 1 fully saturated rings.